The van der Waals surface area contributed by atoms with E-state index >= 15 is 0 Å². The van der Waals surface area contributed by atoms with Crippen LogP contribution in [0.2, 0.25) is 0 Å². The van der Waals surface area contributed by atoms with Gasteiger partial charge in [-0.3, -0.25) is 9.59 Å². The van der Waals surface area contributed by atoms with Gasteiger partial charge in [0, 0.05) is 12.8 Å². The van der Waals surface area contributed by atoms with Crippen LogP contribution in [-0.4, -0.2) is 82.3 Å². The second kappa shape index (κ2) is 80.7. The summed E-state index contributed by atoms with van der Waals surface area (Å²) in [4.78, 5) is 37.7. The lowest BCUT2D eigenvalue weighted by Gasteiger charge is -2.26. The van der Waals surface area contributed by atoms with E-state index in [2.05, 4.69) is 74.6 Å². The van der Waals surface area contributed by atoms with Gasteiger partial charge in [0.15, 0.2) is 12.4 Å². The Morgan fingerprint density at radius 3 is 0.808 bits per heavy atom. The molecule has 0 saturated heterocycles. The molecule has 0 aliphatic heterocycles. The van der Waals surface area contributed by atoms with Gasteiger partial charge in [0.2, 0.25) is 0 Å². The molecule has 0 aromatic heterocycles. The van der Waals surface area contributed by atoms with E-state index in [4.69, 9.17) is 18.9 Å². The van der Waals surface area contributed by atoms with Crippen LogP contribution in [0.1, 0.15) is 438 Å². The van der Waals surface area contributed by atoms with Gasteiger partial charge in [-0.1, -0.05) is 402 Å². The van der Waals surface area contributed by atoms with Crippen LogP contribution in [0, 0.1) is 0 Å². The number of carbonyl (C=O) groups is 3. The van der Waals surface area contributed by atoms with E-state index in [-0.39, 0.29) is 32.2 Å². The van der Waals surface area contributed by atoms with E-state index in [0.29, 0.717) is 17.4 Å². The molecular weight excluding hydrogens is 1220 g/mol. The Hall–Kier alpha value is -3.01. The minimum absolute atomic E-state index is 0.150. The molecule has 0 radical (unpaired) electrons. The maximum absolute atomic E-state index is 13.0. The first-order valence-electron chi connectivity index (χ1n) is 43.4. The molecule has 0 aliphatic rings. The summed E-state index contributed by atoms with van der Waals surface area (Å²) in [7, 11) is 5.96. The number of allylic oxidation sites excluding steroid dienone is 10. The summed E-state index contributed by atoms with van der Waals surface area (Å²) < 4.78 is 22.9. The number of quaternary nitrogens is 1. The highest BCUT2D eigenvalue weighted by molar-refractivity contribution is 5.70. The first kappa shape index (κ1) is 96.0. The molecule has 0 aliphatic carbocycles. The van der Waals surface area contributed by atoms with Crippen molar-refractivity contribution in [3.05, 3.63) is 60.8 Å². The van der Waals surface area contributed by atoms with Crippen LogP contribution in [0.15, 0.2) is 60.8 Å². The van der Waals surface area contributed by atoms with Crippen LogP contribution in [0.5, 0.6) is 0 Å². The molecule has 2 unspecified atom stereocenters. The molecule has 0 aromatic carbocycles. The highest BCUT2D eigenvalue weighted by Gasteiger charge is 2.22. The third-order valence-electron chi connectivity index (χ3n) is 19.7. The van der Waals surface area contributed by atoms with E-state index in [0.717, 1.165) is 57.8 Å². The van der Waals surface area contributed by atoms with Gasteiger partial charge < -0.3 is 33.3 Å². The summed E-state index contributed by atoms with van der Waals surface area (Å²) in [6.07, 6.45) is 105. The Morgan fingerprint density at radius 1 is 0.303 bits per heavy atom. The molecule has 0 bridgehead atoms. The van der Waals surface area contributed by atoms with E-state index in [1.807, 2.05) is 21.1 Å². The molecular formula is C90H167NO8. The summed E-state index contributed by atoms with van der Waals surface area (Å²) in [5.41, 5.74) is 0. The fourth-order valence-corrected chi connectivity index (χ4v) is 13.1. The number of rotatable bonds is 82. The molecule has 2 atom stereocenters. The van der Waals surface area contributed by atoms with E-state index in [1.54, 1.807) is 0 Å². The standard InChI is InChI=1S/C90H167NO8/c1-6-8-10-12-14-16-18-20-22-24-26-28-30-32-34-36-38-40-42-44-46-48-50-52-54-56-58-60-62-64-66-68-70-72-74-76-78-80-87(92)97-84-86(85-98-90(89(94)95)96-83-82-91(3,4)5)99-88(93)81-79-77-75-73-71-69-67-65-63-61-59-57-55-53-51-49-47-45-43-41-39-37-35-33-31-29-27-25-23-21-19-17-15-13-11-9-7-2/h18-21,24-27,31,33,86,90H,6-17,22-23,28-30,32,34-85H2,1-5H3/b20-18-,21-19-,26-24-,27-25-,33-31-. The number of carbonyl (C=O) groups excluding carboxylic acids is 3. The molecule has 580 valence electrons. The molecule has 0 heterocycles. The number of hydrogen-bond donors (Lipinski definition) is 0. The maximum Gasteiger partial charge on any atom is 0.306 e. The summed E-state index contributed by atoms with van der Waals surface area (Å²) in [6.45, 7) is 4.80. The highest BCUT2D eigenvalue weighted by Crippen LogP contribution is 2.20. The van der Waals surface area contributed by atoms with Gasteiger partial charge in [-0.2, -0.15) is 0 Å². The van der Waals surface area contributed by atoms with E-state index in [1.165, 1.54) is 353 Å². The molecule has 0 N–H and O–H groups in total. The van der Waals surface area contributed by atoms with Crippen molar-refractivity contribution in [1.29, 1.82) is 0 Å². The number of carboxylic acids is 1. The Bertz CT molecular complexity index is 1820. The third-order valence-corrected chi connectivity index (χ3v) is 19.7. The fraction of sp³-hybridized carbons (Fsp3) is 0.856. The fourth-order valence-electron chi connectivity index (χ4n) is 13.1. The molecule has 0 aromatic rings. The van der Waals surface area contributed by atoms with Crippen LogP contribution < -0.4 is 5.11 Å². The molecule has 0 amide bonds. The van der Waals surface area contributed by atoms with Crippen molar-refractivity contribution in [3.8, 4) is 0 Å². The van der Waals surface area contributed by atoms with Crippen molar-refractivity contribution < 1.29 is 42.9 Å². The number of hydrogen-bond acceptors (Lipinski definition) is 8. The lowest BCUT2D eigenvalue weighted by Crippen LogP contribution is -2.44. The second-order valence-corrected chi connectivity index (χ2v) is 30.8. The molecule has 9 heteroatoms. The quantitative estimate of drug-likeness (QED) is 0.0195. The van der Waals surface area contributed by atoms with Gasteiger partial charge in [-0.25, -0.2) is 0 Å². The number of esters is 2. The summed E-state index contributed by atoms with van der Waals surface area (Å²) in [6, 6.07) is 0. The topological polar surface area (TPSA) is 111 Å². The largest absolute Gasteiger partial charge is 0.545 e. The first-order chi connectivity index (χ1) is 48.6. The van der Waals surface area contributed by atoms with Crippen molar-refractivity contribution >= 4 is 17.9 Å². The lowest BCUT2D eigenvalue weighted by atomic mass is 10.0. The summed E-state index contributed by atoms with van der Waals surface area (Å²) in [5.74, 6) is -2.25. The average Bonchev–Trinajstić information content (AvgIpc) is 2.19. The Kier molecular flexibility index (Phi) is 78.2. The third kappa shape index (κ3) is 82.2. The SMILES string of the molecule is CCCCCCC/C=C\C/C=C\C/C=C\CCCCCCCCCCCCCCCCCCCCCCCCC(=O)OC(COC(=O)CCCCCCCCCCCCCCCCCCCCCCCCCCC/C=C\C/C=C\CCCCCCC)COC(OCC[N+](C)(C)C)C(=O)[O-]. The number of aliphatic carboxylic acids is 1. The predicted molar refractivity (Wildman–Crippen MR) is 426 cm³/mol. The Balaban J connectivity index is 3.93. The van der Waals surface area contributed by atoms with Gasteiger partial charge in [0.25, 0.3) is 0 Å². The van der Waals surface area contributed by atoms with Crippen LogP contribution >= 0.6 is 0 Å². The number of carboxylic acid groups (broad SMARTS) is 1. The normalized spacial score (nSPS) is 12.9. The second-order valence-electron chi connectivity index (χ2n) is 30.8. The number of ether oxygens (including phenoxy) is 4. The maximum atomic E-state index is 13.0. The van der Waals surface area contributed by atoms with Gasteiger partial charge in [0.1, 0.15) is 13.2 Å². The minimum atomic E-state index is -1.62. The summed E-state index contributed by atoms with van der Waals surface area (Å²) >= 11 is 0. The lowest BCUT2D eigenvalue weighted by molar-refractivity contribution is -0.870. The van der Waals surface area contributed by atoms with Crippen molar-refractivity contribution in [2.75, 3.05) is 47.5 Å². The Labute approximate surface area is 615 Å². The van der Waals surface area contributed by atoms with Gasteiger partial charge >= 0.3 is 11.9 Å². The van der Waals surface area contributed by atoms with Crippen molar-refractivity contribution in [2.24, 2.45) is 0 Å². The van der Waals surface area contributed by atoms with Gasteiger partial charge in [-0.05, 0) is 83.5 Å². The van der Waals surface area contributed by atoms with Crippen molar-refractivity contribution in [2.45, 2.75) is 450 Å². The summed E-state index contributed by atoms with van der Waals surface area (Å²) in [5, 5.41) is 11.9. The molecule has 0 rings (SSSR count). The molecule has 0 saturated carbocycles. The predicted octanol–water partition coefficient (Wildman–Crippen LogP) is 26.8. The average molecular weight is 1390 g/mol. The smallest absolute Gasteiger partial charge is 0.306 e. The first-order valence-corrected chi connectivity index (χ1v) is 43.4. The Morgan fingerprint density at radius 2 is 0.545 bits per heavy atom. The zero-order chi connectivity index (χ0) is 71.8. The number of likely N-dealkylation sites (N-methyl/N-ethyl adjacent to an activating group) is 1. The molecule has 0 spiro atoms. The minimum Gasteiger partial charge on any atom is -0.545 e. The van der Waals surface area contributed by atoms with Crippen LogP contribution in [0.3, 0.4) is 0 Å². The zero-order valence-electron chi connectivity index (χ0n) is 66.6. The zero-order valence-corrected chi connectivity index (χ0v) is 66.6. The van der Waals surface area contributed by atoms with Gasteiger partial charge in [-0.15, -0.1) is 0 Å². The van der Waals surface area contributed by atoms with Crippen LogP contribution in [0.25, 0.3) is 0 Å². The molecule has 0 fully saturated rings. The van der Waals surface area contributed by atoms with Crippen molar-refractivity contribution in [3.63, 3.8) is 0 Å². The number of nitrogens with zero attached hydrogens (tertiary/aromatic N) is 1. The van der Waals surface area contributed by atoms with Gasteiger partial charge in [0.05, 0.1) is 40.3 Å². The van der Waals surface area contributed by atoms with Crippen LogP contribution in [0.4, 0.5) is 0 Å². The van der Waals surface area contributed by atoms with Crippen LogP contribution in [-0.2, 0) is 33.3 Å². The van der Waals surface area contributed by atoms with E-state index in [9.17, 15) is 19.5 Å². The molecule has 9 nitrogen and oxygen atoms in total. The monoisotopic (exact) mass is 1390 g/mol. The van der Waals surface area contributed by atoms with Crippen molar-refractivity contribution in [1.82, 2.24) is 0 Å². The highest BCUT2D eigenvalue weighted by atomic mass is 16.7. The number of unbranched alkanes of at least 4 members (excludes halogenated alkanes) is 57. The van der Waals surface area contributed by atoms with E-state index < -0.39 is 24.3 Å². The molecule has 99 heavy (non-hydrogen) atoms.